The molecular weight excluding hydrogens is 116 g/mol. The summed E-state index contributed by atoms with van der Waals surface area (Å²) in [6, 6.07) is 1.55. The SMILES string of the molecule is Cc1cc([NH])nc(N)n1. The molecule has 1 aromatic heterocycles. The molecule has 0 spiro atoms. The first kappa shape index (κ1) is 5.81. The van der Waals surface area contributed by atoms with Crippen LogP contribution in [0.1, 0.15) is 5.69 Å². The number of aromatic nitrogens is 2. The Balaban J connectivity index is 3.17. The third kappa shape index (κ3) is 1.28. The molecule has 47 valence electrons. The number of nitrogens with zero attached hydrogens (tertiary/aromatic N) is 2. The number of aryl methyl sites for hydroxylation is 1. The van der Waals surface area contributed by atoms with Crippen molar-refractivity contribution in [2.24, 2.45) is 0 Å². The van der Waals surface area contributed by atoms with Crippen LogP contribution in [0, 0.1) is 6.92 Å². The summed E-state index contributed by atoms with van der Waals surface area (Å²) in [4.78, 5) is 7.35. The van der Waals surface area contributed by atoms with Gasteiger partial charge in [0.1, 0.15) is 5.82 Å². The number of nitrogens with one attached hydrogen (secondary N) is 1. The van der Waals surface area contributed by atoms with Crippen LogP contribution in [-0.4, -0.2) is 9.97 Å². The Hall–Kier alpha value is -1.32. The van der Waals surface area contributed by atoms with Gasteiger partial charge in [0.2, 0.25) is 5.95 Å². The van der Waals surface area contributed by atoms with Gasteiger partial charge in [-0.05, 0) is 6.92 Å². The second-order valence-corrected chi connectivity index (χ2v) is 1.75. The molecular formula is C5H7N4. The molecule has 9 heavy (non-hydrogen) atoms. The highest BCUT2D eigenvalue weighted by atomic mass is 15.0. The van der Waals surface area contributed by atoms with Gasteiger partial charge in [-0.15, -0.1) is 0 Å². The fraction of sp³-hybridized carbons (Fsp3) is 0.200. The average Bonchev–Trinajstić information content (AvgIpc) is 1.59. The van der Waals surface area contributed by atoms with E-state index in [-0.39, 0.29) is 11.8 Å². The van der Waals surface area contributed by atoms with E-state index in [9.17, 15) is 0 Å². The van der Waals surface area contributed by atoms with Crippen molar-refractivity contribution in [2.75, 3.05) is 5.73 Å². The number of anilines is 1. The summed E-state index contributed by atoms with van der Waals surface area (Å²) in [5, 5.41) is 0. The molecule has 0 aliphatic heterocycles. The first-order chi connectivity index (χ1) is 4.18. The quantitative estimate of drug-likeness (QED) is 0.538. The molecule has 0 bridgehead atoms. The maximum Gasteiger partial charge on any atom is 0.222 e. The Labute approximate surface area is 52.9 Å². The van der Waals surface area contributed by atoms with E-state index in [0.29, 0.717) is 0 Å². The van der Waals surface area contributed by atoms with Crippen molar-refractivity contribution in [1.29, 1.82) is 0 Å². The van der Waals surface area contributed by atoms with Crippen molar-refractivity contribution >= 4 is 11.8 Å². The minimum atomic E-state index is 0.167. The van der Waals surface area contributed by atoms with E-state index >= 15 is 0 Å². The number of rotatable bonds is 0. The Kier molecular flexibility index (Phi) is 1.22. The topological polar surface area (TPSA) is 75.6 Å². The maximum absolute atomic E-state index is 7.05. The summed E-state index contributed by atoms with van der Waals surface area (Å²) in [5.74, 6) is 0.333. The normalized spacial score (nSPS) is 9.44. The molecule has 3 N–H and O–H groups in total. The zero-order chi connectivity index (χ0) is 6.85. The Morgan fingerprint density at radius 1 is 1.56 bits per heavy atom. The van der Waals surface area contributed by atoms with Crippen LogP contribution in [0.4, 0.5) is 11.8 Å². The number of nitrogens with two attached hydrogens (primary N) is 1. The van der Waals surface area contributed by atoms with Crippen LogP contribution in [0.5, 0.6) is 0 Å². The summed E-state index contributed by atoms with van der Waals surface area (Å²) in [6.07, 6.45) is 0. The van der Waals surface area contributed by atoms with Gasteiger partial charge < -0.3 is 5.73 Å². The Morgan fingerprint density at radius 3 is 2.67 bits per heavy atom. The third-order valence-corrected chi connectivity index (χ3v) is 0.872. The Bertz CT molecular complexity index is 170. The minimum Gasteiger partial charge on any atom is -0.368 e. The summed E-state index contributed by atoms with van der Waals surface area (Å²) < 4.78 is 0. The molecule has 0 aromatic carbocycles. The van der Waals surface area contributed by atoms with Crippen molar-refractivity contribution in [3.63, 3.8) is 0 Å². The highest BCUT2D eigenvalue weighted by Gasteiger charge is 1.92. The number of nitrogen functional groups attached to an aromatic ring is 1. The third-order valence-electron chi connectivity index (χ3n) is 0.872. The summed E-state index contributed by atoms with van der Waals surface area (Å²) >= 11 is 0. The lowest BCUT2D eigenvalue weighted by Crippen LogP contribution is -1.96. The smallest absolute Gasteiger partial charge is 0.222 e. The molecule has 0 aliphatic carbocycles. The monoisotopic (exact) mass is 123 g/mol. The van der Waals surface area contributed by atoms with Gasteiger partial charge >= 0.3 is 0 Å². The zero-order valence-electron chi connectivity index (χ0n) is 5.05. The van der Waals surface area contributed by atoms with E-state index in [4.69, 9.17) is 11.5 Å². The second kappa shape index (κ2) is 1.89. The molecule has 4 heteroatoms. The van der Waals surface area contributed by atoms with Gasteiger partial charge in [0, 0.05) is 11.8 Å². The van der Waals surface area contributed by atoms with Crippen LogP contribution >= 0.6 is 0 Å². The van der Waals surface area contributed by atoms with E-state index in [1.807, 2.05) is 0 Å². The van der Waals surface area contributed by atoms with Crippen molar-refractivity contribution in [3.8, 4) is 0 Å². The predicted molar refractivity (Wildman–Crippen MR) is 33.9 cm³/mol. The molecule has 1 heterocycles. The maximum atomic E-state index is 7.05. The van der Waals surface area contributed by atoms with Crippen molar-refractivity contribution in [2.45, 2.75) is 6.92 Å². The molecule has 1 radical (unpaired) electrons. The Morgan fingerprint density at radius 2 is 2.22 bits per heavy atom. The lowest BCUT2D eigenvalue weighted by atomic mass is 10.4. The zero-order valence-corrected chi connectivity index (χ0v) is 5.05. The largest absolute Gasteiger partial charge is 0.368 e. The molecule has 4 nitrogen and oxygen atoms in total. The van der Waals surface area contributed by atoms with Crippen LogP contribution in [0.3, 0.4) is 0 Å². The standard InChI is InChI=1S/C5H7N4/c1-3-2-4(6)9-5(7)8-3/h2,6H,1H3,(H2,7,8,9). The van der Waals surface area contributed by atoms with Gasteiger partial charge in [0.25, 0.3) is 0 Å². The van der Waals surface area contributed by atoms with E-state index < -0.39 is 0 Å². The fourth-order valence-corrected chi connectivity index (χ4v) is 0.592. The lowest BCUT2D eigenvalue weighted by Gasteiger charge is -1.93. The fourth-order valence-electron chi connectivity index (χ4n) is 0.592. The van der Waals surface area contributed by atoms with E-state index in [1.165, 1.54) is 0 Å². The van der Waals surface area contributed by atoms with Crippen LogP contribution in [0.2, 0.25) is 0 Å². The highest BCUT2D eigenvalue weighted by molar-refractivity contribution is 5.31. The molecule has 1 rings (SSSR count). The van der Waals surface area contributed by atoms with Crippen LogP contribution in [0.15, 0.2) is 6.07 Å². The van der Waals surface area contributed by atoms with Crippen molar-refractivity contribution in [1.82, 2.24) is 15.7 Å². The summed E-state index contributed by atoms with van der Waals surface area (Å²) in [6.45, 7) is 1.77. The van der Waals surface area contributed by atoms with Gasteiger partial charge in [-0.3, -0.25) is 5.73 Å². The van der Waals surface area contributed by atoms with Gasteiger partial charge in [-0.2, -0.15) is 4.98 Å². The molecule has 0 atom stereocenters. The predicted octanol–water partition coefficient (Wildman–Crippen LogP) is 0.282. The van der Waals surface area contributed by atoms with Crippen LogP contribution in [-0.2, 0) is 0 Å². The minimum absolute atomic E-state index is 0.167. The van der Waals surface area contributed by atoms with Gasteiger partial charge in [0.05, 0.1) is 0 Å². The van der Waals surface area contributed by atoms with Crippen LogP contribution < -0.4 is 11.5 Å². The van der Waals surface area contributed by atoms with Gasteiger partial charge in [0.15, 0.2) is 0 Å². The van der Waals surface area contributed by atoms with Gasteiger partial charge in [-0.1, -0.05) is 0 Å². The molecule has 0 saturated carbocycles. The lowest BCUT2D eigenvalue weighted by molar-refractivity contribution is 1.10. The molecule has 0 saturated heterocycles. The summed E-state index contributed by atoms with van der Waals surface area (Å²) in [7, 11) is 0. The second-order valence-electron chi connectivity index (χ2n) is 1.75. The first-order valence-corrected chi connectivity index (χ1v) is 2.51. The van der Waals surface area contributed by atoms with E-state index in [2.05, 4.69) is 9.97 Å². The van der Waals surface area contributed by atoms with Gasteiger partial charge in [-0.25, -0.2) is 4.98 Å². The summed E-state index contributed by atoms with van der Waals surface area (Å²) in [5.41, 5.74) is 13.0. The molecule has 0 aliphatic rings. The number of hydrogen-bond donors (Lipinski definition) is 1. The molecule has 0 unspecified atom stereocenters. The first-order valence-electron chi connectivity index (χ1n) is 2.51. The van der Waals surface area contributed by atoms with E-state index in [0.717, 1.165) is 5.69 Å². The van der Waals surface area contributed by atoms with Crippen molar-refractivity contribution in [3.05, 3.63) is 11.8 Å². The van der Waals surface area contributed by atoms with Crippen molar-refractivity contribution < 1.29 is 0 Å². The molecule has 0 amide bonds. The average molecular weight is 123 g/mol. The highest BCUT2D eigenvalue weighted by Crippen LogP contribution is 2.02. The van der Waals surface area contributed by atoms with E-state index in [1.54, 1.807) is 13.0 Å². The molecule has 1 aromatic rings. The number of hydrogen-bond acceptors (Lipinski definition) is 3. The van der Waals surface area contributed by atoms with Crippen LogP contribution in [0.25, 0.3) is 0 Å². The molecule has 0 fully saturated rings.